The van der Waals surface area contributed by atoms with Crippen molar-refractivity contribution in [3.05, 3.63) is 59.7 Å². The van der Waals surface area contributed by atoms with Crippen molar-refractivity contribution >= 4 is 21.6 Å². The Morgan fingerprint density at radius 1 is 1.07 bits per heavy atom. The van der Waals surface area contributed by atoms with Gasteiger partial charge >= 0.3 is 0 Å². The standard InChI is InChI=1S/C19H22F2N2O3S/c1-12(2)10-18(19(24)22-17-9-6-14(20)11-16(17)21)23-27(25,26)15-7-4-13(3)5-8-15/h4-9,11-12,18,23H,10H2,1-3H3,(H,22,24)/t18-/m1/s1. The monoisotopic (exact) mass is 396 g/mol. The zero-order valence-corrected chi connectivity index (χ0v) is 16.1. The van der Waals surface area contributed by atoms with E-state index in [4.69, 9.17) is 0 Å². The summed E-state index contributed by atoms with van der Waals surface area (Å²) >= 11 is 0. The molecule has 1 atom stereocenters. The second kappa shape index (κ2) is 8.58. The number of amides is 1. The van der Waals surface area contributed by atoms with Crippen LogP contribution < -0.4 is 10.0 Å². The first-order valence-electron chi connectivity index (χ1n) is 8.43. The summed E-state index contributed by atoms with van der Waals surface area (Å²) in [5.74, 6) is -2.43. The molecule has 0 aliphatic heterocycles. The largest absolute Gasteiger partial charge is 0.322 e. The number of nitrogens with one attached hydrogen (secondary N) is 2. The number of carbonyl (C=O) groups excluding carboxylic acids is 1. The van der Waals surface area contributed by atoms with Gasteiger partial charge in [-0.05, 0) is 43.5 Å². The molecule has 0 aliphatic carbocycles. The maximum Gasteiger partial charge on any atom is 0.242 e. The van der Waals surface area contributed by atoms with Gasteiger partial charge in [0.25, 0.3) is 0 Å². The van der Waals surface area contributed by atoms with Crippen molar-refractivity contribution in [2.75, 3.05) is 5.32 Å². The third kappa shape index (κ3) is 5.83. The third-order valence-electron chi connectivity index (χ3n) is 3.84. The number of aryl methyl sites for hydroxylation is 1. The Kier molecular flexibility index (Phi) is 6.67. The predicted octanol–water partition coefficient (Wildman–Crippen LogP) is 3.60. The van der Waals surface area contributed by atoms with Crippen molar-refractivity contribution in [2.45, 2.75) is 38.1 Å². The Hall–Kier alpha value is -2.32. The summed E-state index contributed by atoms with van der Waals surface area (Å²) in [7, 11) is -3.94. The van der Waals surface area contributed by atoms with Gasteiger partial charge in [0, 0.05) is 6.07 Å². The van der Waals surface area contributed by atoms with Crippen LogP contribution in [0.2, 0.25) is 0 Å². The minimum absolute atomic E-state index is 0.000433. The van der Waals surface area contributed by atoms with E-state index < -0.39 is 33.6 Å². The molecular formula is C19H22F2N2O3S. The van der Waals surface area contributed by atoms with Gasteiger partial charge in [0.15, 0.2) is 0 Å². The number of halogens is 2. The van der Waals surface area contributed by atoms with E-state index in [1.54, 1.807) is 12.1 Å². The third-order valence-corrected chi connectivity index (χ3v) is 5.33. The van der Waals surface area contributed by atoms with Gasteiger partial charge < -0.3 is 5.32 Å². The van der Waals surface area contributed by atoms with E-state index in [0.29, 0.717) is 6.07 Å². The molecule has 27 heavy (non-hydrogen) atoms. The number of sulfonamides is 1. The number of anilines is 1. The Bertz CT molecular complexity index is 913. The molecule has 0 bridgehead atoms. The molecule has 0 fully saturated rings. The quantitative estimate of drug-likeness (QED) is 0.751. The highest BCUT2D eigenvalue weighted by Crippen LogP contribution is 2.18. The fourth-order valence-electron chi connectivity index (χ4n) is 2.46. The van der Waals surface area contributed by atoms with Crippen molar-refractivity contribution < 1.29 is 22.0 Å². The van der Waals surface area contributed by atoms with Gasteiger partial charge in [0.2, 0.25) is 15.9 Å². The predicted molar refractivity (Wildman–Crippen MR) is 99.7 cm³/mol. The second-order valence-corrected chi connectivity index (χ2v) is 8.44. The molecular weight excluding hydrogens is 374 g/mol. The Balaban J connectivity index is 2.23. The first-order chi connectivity index (χ1) is 12.6. The van der Waals surface area contributed by atoms with Crippen LogP contribution in [0.5, 0.6) is 0 Å². The van der Waals surface area contributed by atoms with Crippen molar-refractivity contribution in [3.63, 3.8) is 0 Å². The van der Waals surface area contributed by atoms with Crippen LogP contribution in [0, 0.1) is 24.5 Å². The van der Waals surface area contributed by atoms with Crippen LogP contribution in [0.4, 0.5) is 14.5 Å². The van der Waals surface area contributed by atoms with Gasteiger partial charge in [0.1, 0.15) is 17.7 Å². The SMILES string of the molecule is Cc1ccc(S(=O)(=O)N[C@H](CC(C)C)C(=O)Nc2ccc(F)cc2F)cc1. The van der Waals surface area contributed by atoms with E-state index in [1.807, 2.05) is 20.8 Å². The summed E-state index contributed by atoms with van der Waals surface area (Å²) in [6.45, 7) is 5.49. The van der Waals surface area contributed by atoms with Crippen LogP contribution >= 0.6 is 0 Å². The fraction of sp³-hybridized carbons (Fsp3) is 0.316. The average molecular weight is 396 g/mol. The summed E-state index contributed by atoms with van der Waals surface area (Å²) in [5.41, 5.74) is 0.682. The topological polar surface area (TPSA) is 75.3 Å². The van der Waals surface area contributed by atoms with Gasteiger partial charge in [-0.3, -0.25) is 4.79 Å². The molecule has 0 radical (unpaired) electrons. The summed E-state index contributed by atoms with van der Waals surface area (Å²) < 4.78 is 54.3. The lowest BCUT2D eigenvalue weighted by molar-refractivity contribution is -0.118. The molecule has 1 amide bonds. The number of hydrogen-bond donors (Lipinski definition) is 2. The smallest absolute Gasteiger partial charge is 0.242 e. The van der Waals surface area contributed by atoms with E-state index >= 15 is 0 Å². The molecule has 0 heterocycles. The lowest BCUT2D eigenvalue weighted by Crippen LogP contribution is -2.44. The summed E-state index contributed by atoms with van der Waals surface area (Å²) in [5, 5.41) is 2.32. The minimum atomic E-state index is -3.94. The van der Waals surface area contributed by atoms with Gasteiger partial charge in [-0.15, -0.1) is 0 Å². The Labute approximate surface area is 157 Å². The molecule has 0 saturated carbocycles. The van der Waals surface area contributed by atoms with Crippen LogP contribution in [0.15, 0.2) is 47.4 Å². The fourth-order valence-corrected chi connectivity index (χ4v) is 3.67. The van der Waals surface area contributed by atoms with Gasteiger partial charge in [0.05, 0.1) is 10.6 Å². The van der Waals surface area contributed by atoms with Crippen LogP contribution in [0.25, 0.3) is 0 Å². The molecule has 0 aliphatic rings. The van der Waals surface area contributed by atoms with E-state index in [0.717, 1.165) is 17.7 Å². The summed E-state index contributed by atoms with van der Waals surface area (Å²) in [6, 6.07) is 7.82. The van der Waals surface area contributed by atoms with Crippen LogP contribution in [-0.2, 0) is 14.8 Å². The second-order valence-electron chi connectivity index (χ2n) is 6.73. The number of rotatable bonds is 7. The molecule has 8 heteroatoms. The highest BCUT2D eigenvalue weighted by Gasteiger charge is 2.27. The van der Waals surface area contributed by atoms with E-state index in [9.17, 15) is 22.0 Å². The lowest BCUT2D eigenvalue weighted by atomic mass is 10.0. The van der Waals surface area contributed by atoms with E-state index in [2.05, 4.69) is 10.0 Å². The normalized spacial score (nSPS) is 12.8. The van der Waals surface area contributed by atoms with Gasteiger partial charge in [-0.25, -0.2) is 17.2 Å². The van der Waals surface area contributed by atoms with Gasteiger partial charge in [-0.2, -0.15) is 4.72 Å². The molecule has 0 spiro atoms. The average Bonchev–Trinajstić information content (AvgIpc) is 2.56. The van der Waals surface area contributed by atoms with Gasteiger partial charge in [-0.1, -0.05) is 31.5 Å². The maximum atomic E-state index is 13.8. The lowest BCUT2D eigenvalue weighted by Gasteiger charge is -2.20. The Morgan fingerprint density at radius 3 is 2.26 bits per heavy atom. The van der Waals surface area contributed by atoms with E-state index in [1.165, 1.54) is 12.1 Å². The number of benzene rings is 2. The van der Waals surface area contributed by atoms with Crippen LogP contribution in [0.1, 0.15) is 25.8 Å². The molecule has 2 rings (SSSR count). The number of carbonyl (C=O) groups is 1. The molecule has 0 aromatic heterocycles. The molecule has 2 aromatic rings. The zero-order chi connectivity index (χ0) is 20.2. The van der Waals surface area contributed by atoms with Crippen LogP contribution in [-0.4, -0.2) is 20.4 Å². The summed E-state index contributed by atoms with van der Waals surface area (Å²) in [4.78, 5) is 12.6. The first-order valence-corrected chi connectivity index (χ1v) is 9.91. The van der Waals surface area contributed by atoms with Crippen LogP contribution in [0.3, 0.4) is 0 Å². The molecule has 5 nitrogen and oxygen atoms in total. The molecule has 0 unspecified atom stereocenters. The highest BCUT2D eigenvalue weighted by atomic mass is 32.2. The Morgan fingerprint density at radius 2 is 1.70 bits per heavy atom. The molecule has 0 saturated heterocycles. The van der Waals surface area contributed by atoms with E-state index in [-0.39, 0.29) is 22.9 Å². The zero-order valence-electron chi connectivity index (χ0n) is 15.3. The summed E-state index contributed by atoms with van der Waals surface area (Å²) in [6.07, 6.45) is 0.208. The van der Waals surface area contributed by atoms with Crippen molar-refractivity contribution in [1.82, 2.24) is 4.72 Å². The minimum Gasteiger partial charge on any atom is -0.322 e. The first kappa shape index (κ1) is 21.0. The molecule has 2 N–H and O–H groups in total. The van der Waals surface area contributed by atoms with Crippen molar-refractivity contribution in [1.29, 1.82) is 0 Å². The molecule has 146 valence electrons. The molecule has 2 aromatic carbocycles. The van der Waals surface area contributed by atoms with Crippen molar-refractivity contribution in [3.8, 4) is 0 Å². The number of hydrogen-bond acceptors (Lipinski definition) is 3. The highest BCUT2D eigenvalue weighted by molar-refractivity contribution is 7.89. The van der Waals surface area contributed by atoms with Crippen molar-refractivity contribution in [2.24, 2.45) is 5.92 Å². The maximum absolute atomic E-state index is 13.8.